The van der Waals surface area contributed by atoms with Crippen LogP contribution < -0.4 is 5.32 Å². The molecule has 1 saturated carbocycles. The van der Waals surface area contributed by atoms with Gasteiger partial charge in [0.05, 0.1) is 5.02 Å². The minimum absolute atomic E-state index is 0.0679. The Morgan fingerprint density at radius 3 is 2.40 bits per heavy atom. The third-order valence-electron chi connectivity index (χ3n) is 4.91. The van der Waals surface area contributed by atoms with E-state index < -0.39 is 17.2 Å². The lowest BCUT2D eigenvalue weighted by Gasteiger charge is -2.33. The monoisotopic (exact) mass is 368 g/mol. The largest absolute Gasteiger partial charge is 0.480 e. The number of nitrogens with one attached hydrogen (secondary N) is 1. The molecule has 1 heterocycles. The van der Waals surface area contributed by atoms with Crippen LogP contribution >= 0.6 is 11.6 Å². The van der Waals surface area contributed by atoms with Gasteiger partial charge in [0.2, 0.25) is 11.8 Å². The predicted octanol–water partition coefficient (Wildman–Crippen LogP) is 2.52. The maximum atomic E-state index is 13.1. The van der Waals surface area contributed by atoms with Crippen molar-refractivity contribution >= 4 is 35.1 Å². The van der Waals surface area contributed by atoms with Crippen molar-refractivity contribution < 1.29 is 23.9 Å². The van der Waals surface area contributed by atoms with Crippen LogP contribution in [-0.4, -0.2) is 40.9 Å². The van der Waals surface area contributed by atoms with E-state index in [1.54, 1.807) is 4.90 Å². The number of hydrogen-bond acceptors (Lipinski definition) is 3. The summed E-state index contributed by atoms with van der Waals surface area (Å²) in [6, 6.07) is 3.96. The lowest BCUT2D eigenvalue weighted by atomic mass is 9.94. The van der Waals surface area contributed by atoms with E-state index in [0.717, 1.165) is 0 Å². The maximum Gasteiger partial charge on any atom is 0.319 e. The first-order valence-electron chi connectivity index (χ1n) is 8.12. The number of carbonyl (C=O) groups excluding carboxylic acids is 2. The Morgan fingerprint density at radius 1 is 1.24 bits per heavy atom. The normalized spacial score (nSPS) is 19.4. The Morgan fingerprint density at radius 2 is 1.88 bits per heavy atom. The van der Waals surface area contributed by atoms with Crippen LogP contribution in [0.15, 0.2) is 18.2 Å². The standard InChI is InChI=1S/C17H18ClFN2O4/c18-12-9-11(1-2-13(12)19)20-14(22)10-3-7-21(8-4-10)15(23)17(5-6-17)16(24)25/h1-2,9-10H,3-8H2,(H,20,22)(H,24,25). The summed E-state index contributed by atoms with van der Waals surface area (Å²) >= 11 is 5.69. The van der Waals surface area contributed by atoms with Gasteiger partial charge in [-0.05, 0) is 43.9 Å². The number of carboxylic acids is 1. The van der Waals surface area contributed by atoms with E-state index in [9.17, 15) is 23.9 Å². The summed E-state index contributed by atoms with van der Waals surface area (Å²) in [5.41, 5.74) is -0.822. The van der Waals surface area contributed by atoms with Crippen LogP contribution in [0.25, 0.3) is 0 Å². The molecule has 0 atom stereocenters. The zero-order chi connectivity index (χ0) is 18.2. The summed E-state index contributed by atoms with van der Waals surface area (Å²) in [4.78, 5) is 37.5. The van der Waals surface area contributed by atoms with Gasteiger partial charge in [0.15, 0.2) is 0 Å². The fraction of sp³-hybridized carbons (Fsp3) is 0.471. The van der Waals surface area contributed by atoms with Crippen LogP contribution in [0, 0.1) is 17.2 Å². The Hall–Kier alpha value is -2.15. The third-order valence-corrected chi connectivity index (χ3v) is 5.20. The molecule has 25 heavy (non-hydrogen) atoms. The number of benzene rings is 1. The second-order valence-electron chi connectivity index (χ2n) is 6.57. The van der Waals surface area contributed by atoms with E-state index in [1.165, 1.54) is 18.2 Å². The van der Waals surface area contributed by atoms with Crippen molar-refractivity contribution in [3.63, 3.8) is 0 Å². The number of amides is 2. The molecule has 2 fully saturated rings. The minimum Gasteiger partial charge on any atom is -0.480 e. The summed E-state index contributed by atoms with van der Waals surface area (Å²) in [7, 11) is 0. The number of aliphatic carboxylic acids is 1. The van der Waals surface area contributed by atoms with Gasteiger partial charge in [-0.3, -0.25) is 14.4 Å². The molecule has 8 heteroatoms. The molecule has 1 aromatic rings. The maximum absolute atomic E-state index is 13.1. The van der Waals surface area contributed by atoms with Crippen LogP contribution in [-0.2, 0) is 14.4 Å². The van der Waals surface area contributed by atoms with Crippen LogP contribution in [0.1, 0.15) is 25.7 Å². The third kappa shape index (κ3) is 3.46. The lowest BCUT2D eigenvalue weighted by molar-refractivity contribution is -0.154. The number of likely N-dealkylation sites (tertiary alicyclic amines) is 1. The van der Waals surface area contributed by atoms with Gasteiger partial charge in [0.1, 0.15) is 11.2 Å². The SMILES string of the molecule is O=C(Nc1ccc(F)c(Cl)c1)C1CCN(C(=O)C2(C(=O)O)CC2)CC1. The van der Waals surface area contributed by atoms with Gasteiger partial charge in [-0.15, -0.1) is 0 Å². The molecule has 2 aliphatic rings. The molecule has 6 nitrogen and oxygen atoms in total. The van der Waals surface area contributed by atoms with Crippen molar-refractivity contribution in [2.45, 2.75) is 25.7 Å². The minimum atomic E-state index is -1.24. The van der Waals surface area contributed by atoms with Gasteiger partial charge < -0.3 is 15.3 Å². The van der Waals surface area contributed by atoms with Gasteiger partial charge in [-0.1, -0.05) is 11.6 Å². The summed E-state index contributed by atoms with van der Waals surface area (Å²) in [5, 5.41) is 11.8. The molecule has 2 N–H and O–H groups in total. The van der Waals surface area contributed by atoms with Crippen molar-refractivity contribution in [2.24, 2.45) is 11.3 Å². The highest BCUT2D eigenvalue weighted by molar-refractivity contribution is 6.31. The highest BCUT2D eigenvalue weighted by Crippen LogP contribution is 2.47. The van der Waals surface area contributed by atoms with E-state index in [0.29, 0.717) is 44.5 Å². The van der Waals surface area contributed by atoms with Gasteiger partial charge in [-0.2, -0.15) is 0 Å². The predicted molar refractivity (Wildman–Crippen MR) is 88.6 cm³/mol. The van der Waals surface area contributed by atoms with E-state index in [4.69, 9.17) is 11.6 Å². The second kappa shape index (κ2) is 6.63. The number of halogens is 2. The number of anilines is 1. The molecule has 134 valence electrons. The summed E-state index contributed by atoms with van der Waals surface area (Å²) in [5.74, 6) is -2.46. The van der Waals surface area contributed by atoms with Gasteiger partial charge in [0, 0.05) is 24.7 Å². The number of piperidine rings is 1. The number of rotatable bonds is 4. The molecule has 1 aromatic carbocycles. The van der Waals surface area contributed by atoms with Crippen molar-refractivity contribution in [3.8, 4) is 0 Å². The Kier molecular flexibility index (Phi) is 4.69. The van der Waals surface area contributed by atoms with Crippen molar-refractivity contribution in [1.82, 2.24) is 4.90 Å². The highest BCUT2D eigenvalue weighted by atomic mass is 35.5. The van der Waals surface area contributed by atoms with Crippen LogP contribution in [0.5, 0.6) is 0 Å². The fourth-order valence-electron chi connectivity index (χ4n) is 3.11. The Bertz CT molecular complexity index is 727. The molecular formula is C17H18ClFN2O4. The topological polar surface area (TPSA) is 86.7 Å². The molecular weight excluding hydrogens is 351 g/mol. The van der Waals surface area contributed by atoms with E-state index >= 15 is 0 Å². The number of carbonyl (C=O) groups is 3. The first-order valence-corrected chi connectivity index (χ1v) is 8.50. The Labute approximate surface area is 148 Å². The number of hydrogen-bond donors (Lipinski definition) is 2. The molecule has 0 unspecified atom stereocenters. The average Bonchev–Trinajstić information content (AvgIpc) is 3.39. The van der Waals surface area contributed by atoms with Gasteiger partial charge >= 0.3 is 5.97 Å². The average molecular weight is 369 g/mol. The molecule has 1 aliphatic carbocycles. The van der Waals surface area contributed by atoms with Gasteiger partial charge in [0.25, 0.3) is 0 Å². The van der Waals surface area contributed by atoms with Crippen molar-refractivity contribution in [1.29, 1.82) is 0 Å². The van der Waals surface area contributed by atoms with Crippen LogP contribution in [0.4, 0.5) is 10.1 Å². The van der Waals surface area contributed by atoms with E-state index in [2.05, 4.69) is 5.32 Å². The van der Waals surface area contributed by atoms with Crippen molar-refractivity contribution in [3.05, 3.63) is 29.0 Å². The molecule has 1 saturated heterocycles. The molecule has 0 aromatic heterocycles. The smallest absolute Gasteiger partial charge is 0.319 e. The van der Waals surface area contributed by atoms with Crippen molar-refractivity contribution in [2.75, 3.05) is 18.4 Å². The molecule has 0 spiro atoms. The highest BCUT2D eigenvalue weighted by Gasteiger charge is 2.58. The molecule has 0 bridgehead atoms. The fourth-order valence-corrected chi connectivity index (χ4v) is 3.29. The van der Waals surface area contributed by atoms with Gasteiger partial charge in [-0.25, -0.2) is 4.39 Å². The van der Waals surface area contributed by atoms with E-state index in [1.807, 2.05) is 0 Å². The molecule has 0 radical (unpaired) electrons. The summed E-state index contributed by atoms with van der Waals surface area (Å²) in [6.07, 6.45) is 1.68. The second-order valence-corrected chi connectivity index (χ2v) is 6.98. The molecule has 2 amide bonds. The quantitative estimate of drug-likeness (QED) is 0.799. The van der Waals surface area contributed by atoms with E-state index in [-0.39, 0.29) is 22.8 Å². The van der Waals surface area contributed by atoms with Crippen LogP contribution in [0.2, 0.25) is 5.02 Å². The zero-order valence-electron chi connectivity index (χ0n) is 13.4. The Balaban J connectivity index is 1.55. The molecule has 1 aliphatic heterocycles. The number of carboxylic acid groups (broad SMARTS) is 1. The van der Waals surface area contributed by atoms with Crippen LogP contribution in [0.3, 0.4) is 0 Å². The number of nitrogens with zero attached hydrogens (tertiary/aromatic N) is 1. The summed E-state index contributed by atoms with van der Waals surface area (Å²) in [6.45, 7) is 0.715. The summed E-state index contributed by atoms with van der Waals surface area (Å²) < 4.78 is 13.1. The first kappa shape index (κ1) is 17.7. The lowest BCUT2D eigenvalue weighted by Crippen LogP contribution is -2.46. The first-order chi connectivity index (χ1) is 11.8. The molecule has 3 rings (SSSR count). The zero-order valence-corrected chi connectivity index (χ0v) is 14.2.